The van der Waals surface area contributed by atoms with E-state index in [1.54, 1.807) is 6.07 Å². The highest BCUT2D eigenvalue weighted by atomic mass is 19.4. The molecule has 0 spiro atoms. The largest absolute Gasteiger partial charge is 0.480 e. The summed E-state index contributed by atoms with van der Waals surface area (Å²) in [7, 11) is 0. The first-order chi connectivity index (χ1) is 7.55. The van der Waals surface area contributed by atoms with Gasteiger partial charge in [-0.1, -0.05) is 0 Å². The lowest BCUT2D eigenvalue weighted by atomic mass is 10.0. The molecule has 1 amide bonds. The Morgan fingerprint density at radius 1 is 1.35 bits per heavy atom. The van der Waals surface area contributed by atoms with Crippen molar-refractivity contribution in [2.45, 2.75) is 32.0 Å². The number of carbonyl (C=O) groups excluding carboxylic acids is 1. The van der Waals surface area contributed by atoms with Crippen LogP contribution < -0.4 is 0 Å². The van der Waals surface area contributed by atoms with E-state index in [0.717, 1.165) is 13.8 Å². The zero-order chi connectivity index (χ0) is 13.9. The van der Waals surface area contributed by atoms with Crippen molar-refractivity contribution in [2.24, 2.45) is 0 Å². The first-order valence-corrected chi connectivity index (χ1v) is 4.54. The summed E-state index contributed by atoms with van der Waals surface area (Å²) in [5.74, 6) is -3.84. The summed E-state index contributed by atoms with van der Waals surface area (Å²) in [6, 6.07) is 1.56. The van der Waals surface area contributed by atoms with Gasteiger partial charge in [0.2, 0.25) is 0 Å². The highest BCUT2D eigenvalue weighted by Gasteiger charge is 2.49. The number of hydrogen-bond acceptors (Lipinski definition) is 3. The number of amides is 1. The van der Waals surface area contributed by atoms with E-state index in [9.17, 15) is 22.8 Å². The molecule has 96 valence electrons. The second-order valence-corrected chi connectivity index (χ2v) is 3.73. The maximum Gasteiger partial charge on any atom is 0.471 e. The van der Waals surface area contributed by atoms with Crippen molar-refractivity contribution in [3.8, 4) is 6.07 Å². The molecule has 0 saturated carbocycles. The monoisotopic (exact) mass is 252 g/mol. The van der Waals surface area contributed by atoms with Gasteiger partial charge in [0.05, 0.1) is 12.5 Å². The molecule has 0 aromatic heterocycles. The van der Waals surface area contributed by atoms with E-state index in [1.165, 1.54) is 0 Å². The lowest BCUT2D eigenvalue weighted by Crippen LogP contribution is -2.57. The Kier molecular flexibility index (Phi) is 4.51. The van der Waals surface area contributed by atoms with Gasteiger partial charge < -0.3 is 10.0 Å². The summed E-state index contributed by atoms with van der Waals surface area (Å²) < 4.78 is 36.8. The van der Waals surface area contributed by atoms with Crippen molar-refractivity contribution in [1.29, 1.82) is 5.26 Å². The van der Waals surface area contributed by atoms with Crippen LogP contribution in [0.1, 0.15) is 20.3 Å². The molecule has 0 atom stereocenters. The van der Waals surface area contributed by atoms with Crippen LogP contribution in [-0.4, -0.2) is 40.1 Å². The van der Waals surface area contributed by atoms with Crippen LogP contribution in [0.5, 0.6) is 0 Å². The molecule has 0 bridgehead atoms. The van der Waals surface area contributed by atoms with Crippen molar-refractivity contribution in [3.63, 3.8) is 0 Å². The van der Waals surface area contributed by atoms with Gasteiger partial charge >= 0.3 is 18.1 Å². The third-order valence-corrected chi connectivity index (χ3v) is 2.13. The minimum absolute atomic E-state index is 0.137. The van der Waals surface area contributed by atoms with Crippen molar-refractivity contribution in [2.75, 3.05) is 6.54 Å². The lowest BCUT2D eigenvalue weighted by molar-refractivity contribution is -0.193. The van der Waals surface area contributed by atoms with Gasteiger partial charge in [-0.15, -0.1) is 0 Å². The van der Waals surface area contributed by atoms with Crippen molar-refractivity contribution >= 4 is 11.9 Å². The van der Waals surface area contributed by atoms with Crippen molar-refractivity contribution in [1.82, 2.24) is 4.90 Å². The minimum Gasteiger partial charge on any atom is -0.480 e. The molecule has 0 heterocycles. The molecule has 0 radical (unpaired) electrons. The fourth-order valence-electron chi connectivity index (χ4n) is 1.07. The molecular weight excluding hydrogens is 241 g/mol. The average Bonchev–Trinajstić information content (AvgIpc) is 2.16. The Morgan fingerprint density at radius 2 is 1.82 bits per heavy atom. The van der Waals surface area contributed by atoms with Crippen LogP contribution in [0.3, 0.4) is 0 Å². The van der Waals surface area contributed by atoms with Crippen molar-refractivity contribution < 1.29 is 27.9 Å². The molecule has 0 aliphatic heterocycles. The number of nitriles is 1. The molecule has 8 heteroatoms. The molecule has 5 nitrogen and oxygen atoms in total. The second kappa shape index (κ2) is 5.03. The van der Waals surface area contributed by atoms with Crippen LogP contribution in [0.4, 0.5) is 13.2 Å². The van der Waals surface area contributed by atoms with E-state index in [0.29, 0.717) is 0 Å². The van der Waals surface area contributed by atoms with Crippen LogP contribution >= 0.6 is 0 Å². The molecule has 0 aromatic rings. The van der Waals surface area contributed by atoms with Gasteiger partial charge in [-0.05, 0) is 13.8 Å². The molecule has 0 unspecified atom stereocenters. The lowest BCUT2D eigenvalue weighted by Gasteiger charge is -2.34. The maximum absolute atomic E-state index is 12.3. The topological polar surface area (TPSA) is 81.4 Å². The molecule has 1 N–H and O–H groups in total. The fourth-order valence-corrected chi connectivity index (χ4v) is 1.07. The maximum atomic E-state index is 12.3. The minimum atomic E-state index is -5.16. The fraction of sp³-hybridized carbons (Fsp3) is 0.667. The third kappa shape index (κ3) is 3.62. The molecule has 0 aromatic carbocycles. The Hall–Kier alpha value is -1.78. The predicted molar refractivity (Wildman–Crippen MR) is 49.7 cm³/mol. The molecule has 0 aliphatic carbocycles. The summed E-state index contributed by atoms with van der Waals surface area (Å²) in [6.45, 7) is 1.35. The van der Waals surface area contributed by atoms with E-state index in [1.807, 2.05) is 0 Å². The SMILES string of the molecule is CC(C)(C(=O)O)N(CCC#N)C(=O)C(F)(F)F. The first-order valence-electron chi connectivity index (χ1n) is 4.54. The smallest absolute Gasteiger partial charge is 0.471 e. The van der Waals surface area contributed by atoms with E-state index >= 15 is 0 Å². The molecule has 0 rings (SSSR count). The zero-order valence-corrected chi connectivity index (χ0v) is 9.21. The average molecular weight is 252 g/mol. The van der Waals surface area contributed by atoms with E-state index in [2.05, 4.69) is 0 Å². The quantitative estimate of drug-likeness (QED) is 0.813. The van der Waals surface area contributed by atoms with Gasteiger partial charge in [-0.2, -0.15) is 18.4 Å². The number of alkyl halides is 3. The first kappa shape index (κ1) is 15.2. The van der Waals surface area contributed by atoms with Crippen LogP contribution in [0.2, 0.25) is 0 Å². The number of carboxylic acids is 1. The number of rotatable bonds is 4. The normalized spacial score (nSPS) is 11.8. The van der Waals surface area contributed by atoms with Crippen LogP contribution in [-0.2, 0) is 9.59 Å². The molecule has 0 aliphatic rings. The molecule has 0 saturated heterocycles. The van der Waals surface area contributed by atoms with Gasteiger partial charge in [-0.25, -0.2) is 4.79 Å². The second-order valence-electron chi connectivity index (χ2n) is 3.73. The van der Waals surface area contributed by atoms with Crippen LogP contribution in [0, 0.1) is 11.3 Å². The number of aliphatic carboxylic acids is 1. The number of nitrogens with zero attached hydrogens (tertiary/aromatic N) is 2. The predicted octanol–water partition coefficient (Wildman–Crippen LogP) is 1.15. The van der Waals surface area contributed by atoms with Gasteiger partial charge in [0.1, 0.15) is 5.54 Å². The number of carbonyl (C=O) groups is 2. The Morgan fingerprint density at radius 3 is 2.12 bits per heavy atom. The standard InChI is InChI=1S/C9H11F3N2O3/c1-8(2,7(16)17)14(5-3-4-13)6(15)9(10,11)12/h3,5H2,1-2H3,(H,16,17). The van der Waals surface area contributed by atoms with Crippen molar-refractivity contribution in [3.05, 3.63) is 0 Å². The summed E-state index contributed by atoms with van der Waals surface area (Å²) in [4.78, 5) is 22.0. The number of halogens is 3. The van der Waals surface area contributed by atoms with Gasteiger partial charge in [0.15, 0.2) is 0 Å². The zero-order valence-electron chi connectivity index (χ0n) is 9.21. The third-order valence-electron chi connectivity index (χ3n) is 2.13. The molecule has 17 heavy (non-hydrogen) atoms. The summed E-state index contributed by atoms with van der Waals surface area (Å²) in [5, 5.41) is 17.1. The van der Waals surface area contributed by atoms with Crippen LogP contribution in [0.15, 0.2) is 0 Å². The van der Waals surface area contributed by atoms with E-state index < -0.39 is 30.1 Å². The Balaban J connectivity index is 5.23. The summed E-state index contributed by atoms with van der Waals surface area (Å²) >= 11 is 0. The highest BCUT2D eigenvalue weighted by molar-refractivity contribution is 5.89. The van der Waals surface area contributed by atoms with Gasteiger partial charge in [-0.3, -0.25) is 4.79 Å². The molecule has 0 fully saturated rings. The van der Waals surface area contributed by atoms with E-state index in [-0.39, 0.29) is 11.3 Å². The van der Waals surface area contributed by atoms with Gasteiger partial charge in [0, 0.05) is 6.54 Å². The number of hydrogen-bond donors (Lipinski definition) is 1. The Labute approximate surface area is 95.4 Å². The highest BCUT2D eigenvalue weighted by Crippen LogP contribution is 2.25. The van der Waals surface area contributed by atoms with E-state index in [4.69, 9.17) is 10.4 Å². The van der Waals surface area contributed by atoms with Gasteiger partial charge in [0.25, 0.3) is 0 Å². The summed E-state index contributed by atoms with van der Waals surface area (Å²) in [5.41, 5.74) is -2.02. The number of carboxylic acid groups (broad SMARTS) is 1. The summed E-state index contributed by atoms with van der Waals surface area (Å²) in [6.07, 6.45) is -5.54. The van der Waals surface area contributed by atoms with Crippen LogP contribution in [0.25, 0.3) is 0 Å². The Bertz CT molecular complexity index is 357. The molecular formula is C9H11F3N2O3.